The number of nitrogens with one attached hydrogen (secondary N) is 1. The van der Waals surface area contributed by atoms with E-state index in [1.165, 1.54) is 12.1 Å². The van der Waals surface area contributed by atoms with Crippen molar-refractivity contribution in [2.75, 3.05) is 57.4 Å². The first kappa shape index (κ1) is 27.2. The smallest absolute Gasteiger partial charge is 0.240 e. The van der Waals surface area contributed by atoms with Crippen LogP contribution in [0.3, 0.4) is 0 Å². The number of amides is 1. The number of ether oxygens (including phenoxy) is 1. The number of nitrogens with two attached hydrogens (primary N) is 1. The van der Waals surface area contributed by atoms with Crippen molar-refractivity contribution >= 4 is 48.8 Å². The van der Waals surface area contributed by atoms with Gasteiger partial charge in [0.1, 0.15) is 5.82 Å². The Labute approximate surface area is 184 Å². The quantitative estimate of drug-likeness (QED) is 0.703. The summed E-state index contributed by atoms with van der Waals surface area (Å²) in [5.74, 6) is -0.277. The molecule has 0 saturated carbocycles. The third-order valence-corrected chi connectivity index (χ3v) is 5.11. The van der Waals surface area contributed by atoms with E-state index in [4.69, 9.17) is 10.5 Å². The van der Waals surface area contributed by atoms with E-state index in [0.717, 1.165) is 38.4 Å². The van der Waals surface area contributed by atoms with Crippen LogP contribution in [0.25, 0.3) is 0 Å². The van der Waals surface area contributed by atoms with Gasteiger partial charge in [0, 0.05) is 58.2 Å². The van der Waals surface area contributed by atoms with E-state index < -0.39 is 5.54 Å². The lowest BCUT2D eigenvalue weighted by Crippen LogP contribution is -2.58. The van der Waals surface area contributed by atoms with Gasteiger partial charge in [0.25, 0.3) is 0 Å². The van der Waals surface area contributed by atoms with E-state index in [0.29, 0.717) is 32.6 Å². The van der Waals surface area contributed by atoms with Gasteiger partial charge in [-0.15, -0.1) is 37.2 Å². The van der Waals surface area contributed by atoms with E-state index >= 15 is 0 Å². The molecule has 0 unspecified atom stereocenters. The molecule has 1 aromatic carbocycles. The third-order valence-electron chi connectivity index (χ3n) is 5.11. The van der Waals surface area contributed by atoms with Crippen LogP contribution in [0, 0.1) is 5.82 Å². The Kier molecular flexibility index (Phi) is 12.3. The molecule has 0 aliphatic carbocycles. The van der Waals surface area contributed by atoms with E-state index in [-0.39, 0.29) is 48.9 Å². The summed E-state index contributed by atoms with van der Waals surface area (Å²) < 4.78 is 18.3. The SMILES string of the molecule is Cl.Cl.Cl.NC1(C(=O)NCCN2CCN(c3ccc(F)cc3)CC2)CCOCC1. The minimum atomic E-state index is -0.778. The maximum absolute atomic E-state index is 13.0. The van der Waals surface area contributed by atoms with Gasteiger partial charge in [-0.1, -0.05) is 0 Å². The number of hydrogen-bond acceptors (Lipinski definition) is 5. The number of hydrogen-bond donors (Lipinski definition) is 2. The number of benzene rings is 1. The highest BCUT2D eigenvalue weighted by Crippen LogP contribution is 2.18. The van der Waals surface area contributed by atoms with E-state index in [9.17, 15) is 9.18 Å². The number of anilines is 1. The van der Waals surface area contributed by atoms with Crippen LogP contribution in [0.2, 0.25) is 0 Å². The minimum absolute atomic E-state index is 0. The molecule has 2 saturated heterocycles. The second-order valence-corrected chi connectivity index (χ2v) is 6.83. The van der Waals surface area contributed by atoms with Crippen molar-refractivity contribution in [1.82, 2.24) is 10.2 Å². The molecule has 0 bridgehead atoms. The highest BCUT2D eigenvalue weighted by atomic mass is 35.5. The fourth-order valence-corrected chi connectivity index (χ4v) is 3.35. The van der Waals surface area contributed by atoms with Crippen LogP contribution in [-0.2, 0) is 9.53 Å². The molecule has 2 fully saturated rings. The van der Waals surface area contributed by atoms with Gasteiger partial charge in [0.15, 0.2) is 0 Å². The molecule has 1 amide bonds. The number of piperazine rings is 1. The molecule has 162 valence electrons. The molecule has 2 heterocycles. The molecular formula is C18H30Cl3FN4O2. The predicted molar refractivity (Wildman–Crippen MR) is 117 cm³/mol. The monoisotopic (exact) mass is 458 g/mol. The van der Waals surface area contributed by atoms with Crippen molar-refractivity contribution < 1.29 is 13.9 Å². The summed E-state index contributed by atoms with van der Waals surface area (Å²) in [4.78, 5) is 16.9. The van der Waals surface area contributed by atoms with Gasteiger partial charge in [-0.2, -0.15) is 0 Å². The van der Waals surface area contributed by atoms with Gasteiger partial charge < -0.3 is 20.7 Å². The van der Waals surface area contributed by atoms with Crippen molar-refractivity contribution in [3.8, 4) is 0 Å². The van der Waals surface area contributed by atoms with Crippen LogP contribution in [0.1, 0.15) is 12.8 Å². The summed E-state index contributed by atoms with van der Waals surface area (Å²) >= 11 is 0. The number of carbonyl (C=O) groups is 1. The molecule has 6 nitrogen and oxygen atoms in total. The van der Waals surface area contributed by atoms with Gasteiger partial charge in [0.05, 0.1) is 5.54 Å². The number of halogens is 4. The molecule has 3 rings (SSSR count). The maximum Gasteiger partial charge on any atom is 0.240 e. The molecule has 10 heteroatoms. The Balaban J connectivity index is 0.00000243. The Hall–Kier alpha value is -0.830. The van der Waals surface area contributed by atoms with Crippen LogP contribution in [0.5, 0.6) is 0 Å². The van der Waals surface area contributed by atoms with Gasteiger partial charge >= 0.3 is 0 Å². The first-order valence-electron chi connectivity index (χ1n) is 8.95. The lowest BCUT2D eigenvalue weighted by molar-refractivity contribution is -0.129. The molecular weight excluding hydrogens is 430 g/mol. The van der Waals surface area contributed by atoms with Gasteiger partial charge in [-0.05, 0) is 37.1 Å². The zero-order chi connectivity index (χ0) is 17.7. The van der Waals surface area contributed by atoms with E-state index in [1.54, 1.807) is 0 Å². The van der Waals surface area contributed by atoms with Crippen molar-refractivity contribution in [2.45, 2.75) is 18.4 Å². The average molecular weight is 460 g/mol. The first-order valence-corrected chi connectivity index (χ1v) is 8.95. The van der Waals surface area contributed by atoms with Crippen LogP contribution >= 0.6 is 37.2 Å². The summed E-state index contributed by atoms with van der Waals surface area (Å²) in [6.07, 6.45) is 1.16. The highest BCUT2D eigenvalue weighted by Gasteiger charge is 2.35. The predicted octanol–water partition coefficient (Wildman–Crippen LogP) is 1.84. The molecule has 0 aromatic heterocycles. The zero-order valence-corrected chi connectivity index (χ0v) is 18.2. The third kappa shape index (κ3) is 7.21. The van der Waals surface area contributed by atoms with E-state index in [2.05, 4.69) is 15.1 Å². The molecule has 2 aliphatic heterocycles. The topological polar surface area (TPSA) is 70.8 Å². The largest absolute Gasteiger partial charge is 0.381 e. The van der Waals surface area contributed by atoms with Crippen molar-refractivity contribution in [3.05, 3.63) is 30.1 Å². The Morgan fingerprint density at radius 1 is 1.07 bits per heavy atom. The molecule has 0 spiro atoms. The number of rotatable bonds is 5. The zero-order valence-electron chi connectivity index (χ0n) is 15.8. The van der Waals surface area contributed by atoms with Crippen LogP contribution in [0.4, 0.5) is 10.1 Å². The van der Waals surface area contributed by atoms with Crippen LogP contribution in [-0.4, -0.2) is 68.8 Å². The molecule has 28 heavy (non-hydrogen) atoms. The second-order valence-electron chi connectivity index (χ2n) is 6.83. The minimum Gasteiger partial charge on any atom is -0.381 e. The van der Waals surface area contributed by atoms with Gasteiger partial charge in [-0.25, -0.2) is 4.39 Å². The molecule has 3 N–H and O–H groups in total. The fourth-order valence-electron chi connectivity index (χ4n) is 3.35. The molecule has 1 aromatic rings. The molecule has 0 radical (unpaired) electrons. The Morgan fingerprint density at radius 3 is 2.21 bits per heavy atom. The lowest BCUT2D eigenvalue weighted by Gasteiger charge is -2.36. The van der Waals surface area contributed by atoms with Crippen molar-refractivity contribution in [3.63, 3.8) is 0 Å². The number of carbonyl (C=O) groups excluding carboxylic acids is 1. The lowest BCUT2D eigenvalue weighted by atomic mass is 9.90. The fraction of sp³-hybridized carbons (Fsp3) is 0.611. The van der Waals surface area contributed by atoms with Crippen LogP contribution < -0.4 is 16.0 Å². The summed E-state index contributed by atoms with van der Waals surface area (Å²) in [5.41, 5.74) is 6.45. The van der Waals surface area contributed by atoms with Crippen LogP contribution in [0.15, 0.2) is 24.3 Å². The highest BCUT2D eigenvalue weighted by molar-refractivity contribution is 5.86. The number of nitrogens with zero attached hydrogens (tertiary/aromatic N) is 2. The average Bonchev–Trinajstić information content (AvgIpc) is 2.63. The molecule has 0 atom stereocenters. The van der Waals surface area contributed by atoms with Gasteiger partial charge in [-0.3, -0.25) is 9.69 Å². The first-order chi connectivity index (χ1) is 12.1. The summed E-state index contributed by atoms with van der Waals surface area (Å²) in [6.45, 7) is 6.18. The summed E-state index contributed by atoms with van der Waals surface area (Å²) in [6, 6.07) is 6.63. The Bertz CT molecular complexity index is 581. The normalized spacial score (nSPS) is 18.9. The summed E-state index contributed by atoms with van der Waals surface area (Å²) in [5, 5.41) is 2.97. The van der Waals surface area contributed by atoms with Crippen molar-refractivity contribution in [1.29, 1.82) is 0 Å². The second kappa shape index (κ2) is 12.7. The Morgan fingerprint density at radius 2 is 1.64 bits per heavy atom. The van der Waals surface area contributed by atoms with Crippen molar-refractivity contribution in [2.24, 2.45) is 5.73 Å². The summed E-state index contributed by atoms with van der Waals surface area (Å²) in [7, 11) is 0. The maximum atomic E-state index is 13.0. The standard InChI is InChI=1S/C18H27FN4O2.3ClH/c19-15-1-3-16(4-2-15)23-11-9-22(10-12-23)8-7-21-17(24)18(20)5-13-25-14-6-18;;;/h1-4H,5-14,20H2,(H,21,24);3*1H. The van der Waals surface area contributed by atoms with E-state index in [1.807, 2.05) is 12.1 Å². The van der Waals surface area contributed by atoms with Gasteiger partial charge in [0.2, 0.25) is 5.91 Å². The molecule has 2 aliphatic rings.